The molecule has 2 amide bonds. The minimum Gasteiger partial charge on any atom is -0.449 e. The Kier molecular flexibility index (Phi) is 5.53. The van der Waals surface area contributed by atoms with Crippen LogP contribution in [0.15, 0.2) is 23.6 Å². The van der Waals surface area contributed by atoms with Crippen LogP contribution in [0.5, 0.6) is 0 Å². The van der Waals surface area contributed by atoms with E-state index < -0.39 is 23.9 Å². The van der Waals surface area contributed by atoms with Crippen LogP contribution in [0, 0.1) is 0 Å². The number of nitrogens with two attached hydrogens (primary N) is 1. The zero-order valence-corrected chi connectivity index (χ0v) is 15.7. The summed E-state index contributed by atoms with van der Waals surface area (Å²) in [6.07, 6.45) is 4.58. The van der Waals surface area contributed by atoms with Gasteiger partial charge in [0, 0.05) is 15.8 Å². The first kappa shape index (κ1) is 18.3. The van der Waals surface area contributed by atoms with E-state index in [0.717, 1.165) is 34.6 Å². The summed E-state index contributed by atoms with van der Waals surface area (Å²) in [7, 11) is 0. The van der Waals surface area contributed by atoms with Crippen LogP contribution in [-0.4, -0.2) is 23.9 Å². The molecule has 2 aromatic rings. The minimum atomic E-state index is -0.992. The molecule has 1 aliphatic rings. The first-order valence-electron chi connectivity index (χ1n) is 8.13. The monoisotopic (exact) mass is 390 g/mol. The van der Waals surface area contributed by atoms with Gasteiger partial charge in [-0.15, -0.1) is 22.7 Å². The molecule has 136 valence electrons. The van der Waals surface area contributed by atoms with Crippen molar-refractivity contribution >= 4 is 51.5 Å². The van der Waals surface area contributed by atoms with E-state index in [2.05, 4.69) is 5.32 Å². The number of nitrogens with one attached hydrogen (secondary N) is 1. The van der Waals surface area contributed by atoms with Gasteiger partial charge >= 0.3 is 5.97 Å². The van der Waals surface area contributed by atoms with Crippen molar-refractivity contribution in [3.63, 3.8) is 0 Å². The Labute approximate surface area is 158 Å². The first-order valence-corrected chi connectivity index (χ1v) is 9.82. The van der Waals surface area contributed by atoms with Crippen LogP contribution in [0.1, 0.15) is 39.0 Å². The summed E-state index contributed by atoms with van der Waals surface area (Å²) >= 11 is 2.86. The van der Waals surface area contributed by atoms with Crippen molar-refractivity contribution in [3.05, 3.63) is 44.5 Å². The lowest BCUT2D eigenvalue weighted by molar-refractivity contribution is -0.148. The molecule has 0 aliphatic heterocycles. The standard InChI is InChI=1S/C18H18N2O4S2/c1-10(24-14(21)8-7-11-4-3-9-25-11)17(23)20-18-15(16(19)22)12-5-2-6-13(12)26-18/h3-4,7-10H,2,5-6H2,1H3,(H2,19,22)(H,20,23)/b8-7+/t10-/m0/s1. The molecule has 6 nitrogen and oxygen atoms in total. The highest BCUT2D eigenvalue weighted by atomic mass is 32.1. The zero-order chi connectivity index (χ0) is 18.7. The lowest BCUT2D eigenvalue weighted by atomic mass is 10.1. The molecular weight excluding hydrogens is 372 g/mol. The molecule has 0 saturated carbocycles. The number of rotatable bonds is 6. The van der Waals surface area contributed by atoms with Crippen molar-refractivity contribution in [1.82, 2.24) is 0 Å². The Balaban J connectivity index is 1.63. The summed E-state index contributed by atoms with van der Waals surface area (Å²) in [5.74, 6) is -1.65. The van der Waals surface area contributed by atoms with Crippen molar-refractivity contribution in [1.29, 1.82) is 0 Å². The van der Waals surface area contributed by atoms with E-state index in [4.69, 9.17) is 10.5 Å². The number of ether oxygens (including phenoxy) is 1. The molecule has 0 bridgehead atoms. The van der Waals surface area contributed by atoms with Crippen LogP contribution in [0.3, 0.4) is 0 Å². The number of thiophene rings is 2. The molecule has 2 heterocycles. The van der Waals surface area contributed by atoms with Gasteiger partial charge in [0.2, 0.25) is 0 Å². The quantitative estimate of drug-likeness (QED) is 0.585. The topological polar surface area (TPSA) is 98.5 Å². The van der Waals surface area contributed by atoms with E-state index in [9.17, 15) is 14.4 Å². The van der Waals surface area contributed by atoms with Crippen LogP contribution >= 0.6 is 22.7 Å². The summed E-state index contributed by atoms with van der Waals surface area (Å²) in [6.45, 7) is 1.48. The second kappa shape index (κ2) is 7.84. The number of carbonyl (C=O) groups is 3. The SMILES string of the molecule is C[C@H](OC(=O)/C=C/c1cccs1)C(=O)Nc1sc2c(c1C(N)=O)CCC2. The Morgan fingerprint density at radius 3 is 2.85 bits per heavy atom. The Morgan fingerprint density at radius 1 is 1.35 bits per heavy atom. The molecule has 26 heavy (non-hydrogen) atoms. The lowest BCUT2D eigenvalue weighted by Crippen LogP contribution is -2.30. The van der Waals surface area contributed by atoms with Crippen LogP contribution in [0.25, 0.3) is 6.08 Å². The summed E-state index contributed by atoms with van der Waals surface area (Å²) in [5.41, 5.74) is 6.79. The molecule has 8 heteroatoms. The molecule has 0 fully saturated rings. The van der Waals surface area contributed by atoms with E-state index in [1.54, 1.807) is 6.08 Å². The number of anilines is 1. The minimum absolute atomic E-state index is 0.381. The van der Waals surface area contributed by atoms with Crippen LogP contribution in [-0.2, 0) is 27.2 Å². The first-order chi connectivity index (χ1) is 12.5. The highest BCUT2D eigenvalue weighted by Crippen LogP contribution is 2.38. The number of hydrogen-bond acceptors (Lipinski definition) is 6. The van der Waals surface area contributed by atoms with E-state index in [0.29, 0.717) is 10.6 Å². The highest BCUT2D eigenvalue weighted by Gasteiger charge is 2.27. The number of fused-ring (bicyclic) bond motifs is 1. The molecule has 0 spiro atoms. The van der Waals surface area contributed by atoms with Gasteiger partial charge in [-0.25, -0.2) is 4.79 Å². The normalized spacial score (nSPS) is 14.2. The predicted molar refractivity (Wildman–Crippen MR) is 102 cm³/mol. The lowest BCUT2D eigenvalue weighted by Gasteiger charge is -2.12. The molecule has 3 rings (SSSR count). The van der Waals surface area contributed by atoms with E-state index in [-0.39, 0.29) is 0 Å². The number of amides is 2. The molecule has 2 aromatic heterocycles. The number of aryl methyl sites for hydroxylation is 1. The third-order valence-electron chi connectivity index (χ3n) is 3.99. The average molecular weight is 390 g/mol. The molecule has 0 radical (unpaired) electrons. The average Bonchev–Trinajstić information content (AvgIpc) is 3.29. The van der Waals surface area contributed by atoms with Crippen molar-refractivity contribution in [2.24, 2.45) is 5.73 Å². The second-order valence-electron chi connectivity index (χ2n) is 5.84. The van der Waals surface area contributed by atoms with Gasteiger partial charge in [0.15, 0.2) is 6.10 Å². The molecule has 1 aliphatic carbocycles. The van der Waals surface area contributed by atoms with Gasteiger partial charge in [0.1, 0.15) is 5.00 Å². The Bertz CT molecular complexity index is 868. The maximum absolute atomic E-state index is 12.3. The van der Waals surface area contributed by atoms with E-state index in [1.807, 2.05) is 17.5 Å². The van der Waals surface area contributed by atoms with Crippen molar-refractivity contribution < 1.29 is 19.1 Å². The van der Waals surface area contributed by atoms with Crippen LogP contribution in [0.2, 0.25) is 0 Å². The third-order valence-corrected chi connectivity index (χ3v) is 6.04. The summed E-state index contributed by atoms with van der Waals surface area (Å²) in [6, 6.07) is 3.74. The van der Waals surface area contributed by atoms with E-state index >= 15 is 0 Å². The highest BCUT2D eigenvalue weighted by molar-refractivity contribution is 7.17. The fourth-order valence-electron chi connectivity index (χ4n) is 2.77. The zero-order valence-electron chi connectivity index (χ0n) is 14.1. The molecule has 3 N–H and O–H groups in total. The molecular formula is C18H18N2O4S2. The van der Waals surface area contributed by atoms with Gasteiger partial charge in [-0.05, 0) is 49.3 Å². The second-order valence-corrected chi connectivity index (χ2v) is 7.93. The maximum Gasteiger partial charge on any atom is 0.331 e. The molecule has 0 saturated heterocycles. The van der Waals surface area contributed by atoms with Crippen molar-refractivity contribution in [2.75, 3.05) is 5.32 Å². The van der Waals surface area contributed by atoms with Gasteiger partial charge in [-0.2, -0.15) is 0 Å². The summed E-state index contributed by atoms with van der Waals surface area (Å²) in [5, 5.41) is 5.01. The smallest absolute Gasteiger partial charge is 0.331 e. The Hall–Kier alpha value is -2.45. The van der Waals surface area contributed by atoms with Gasteiger partial charge in [0.05, 0.1) is 5.56 Å². The predicted octanol–water partition coefficient (Wildman–Crippen LogP) is 2.98. The third kappa shape index (κ3) is 4.03. The van der Waals surface area contributed by atoms with Crippen molar-refractivity contribution in [2.45, 2.75) is 32.3 Å². The van der Waals surface area contributed by atoms with Gasteiger partial charge in [0.25, 0.3) is 11.8 Å². The van der Waals surface area contributed by atoms with Crippen LogP contribution < -0.4 is 11.1 Å². The summed E-state index contributed by atoms with van der Waals surface area (Å²) < 4.78 is 5.12. The molecule has 0 aromatic carbocycles. The Morgan fingerprint density at radius 2 is 2.15 bits per heavy atom. The fourth-order valence-corrected chi connectivity index (χ4v) is 4.69. The number of primary amides is 1. The number of esters is 1. The van der Waals surface area contributed by atoms with Gasteiger partial charge in [-0.3, -0.25) is 9.59 Å². The maximum atomic E-state index is 12.3. The van der Waals surface area contributed by atoms with Gasteiger partial charge in [-0.1, -0.05) is 6.07 Å². The largest absolute Gasteiger partial charge is 0.449 e. The molecule has 0 unspecified atom stereocenters. The number of hydrogen-bond donors (Lipinski definition) is 2. The van der Waals surface area contributed by atoms with Crippen molar-refractivity contribution in [3.8, 4) is 0 Å². The number of carbonyl (C=O) groups excluding carboxylic acids is 3. The van der Waals surface area contributed by atoms with E-state index in [1.165, 1.54) is 35.7 Å². The van der Waals surface area contributed by atoms with Crippen LogP contribution in [0.4, 0.5) is 5.00 Å². The summed E-state index contributed by atoms with van der Waals surface area (Å²) in [4.78, 5) is 37.9. The van der Waals surface area contributed by atoms with Gasteiger partial charge < -0.3 is 15.8 Å². The fraction of sp³-hybridized carbons (Fsp3) is 0.278. The molecule has 1 atom stereocenters.